The number of nitrogens with zero attached hydrogens (tertiary/aromatic N) is 1. The van der Waals surface area contributed by atoms with Crippen LogP contribution < -0.4 is 5.73 Å². The summed E-state index contributed by atoms with van der Waals surface area (Å²) < 4.78 is 0. The predicted octanol–water partition coefficient (Wildman–Crippen LogP) is 4.28. The van der Waals surface area contributed by atoms with Crippen LogP contribution in [0.2, 0.25) is 0 Å². The Kier molecular flexibility index (Phi) is 3.13. The van der Waals surface area contributed by atoms with Crippen molar-refractivity contribution in [2.75, 3.05) is 5.73 Å². The lowest BCUT2D eigenvalue weighted by atomic mass is 10.1. The van der Waals surface area contributed by atoms with E-state index in [4.69, 9.17) is 5.73 Å². The van der Waals surface area contributed by atoms with Gasteiger partial charge in [0.2, 0.25) is 0 Å². The first-order valence-electron chi connectivity index (χ1n) is 6.11. The lowest BCUT2D eigenvalue weighted by Crippen LogP contribution is -1.89. The van der Waals surface area contributed by atoms with E-state index in [1.807, 2.05) is 24.5 Å². The van der Waals surface area contributed by atoms with Gasteiger partial charge in [-0.1, -0.05) is 29.5 Å². The summed E-state index contributed by atoms with van der Waals surface area (Å²) in [4.78, 5) is 6.59. The number of fused-ring (bicyclic) bond motifs is 1. The second-order valence-electron chi connectivity index (χ2n) is 4.49. The summed E-state index contributed by atoms with van der Waals surface area (Å²) >= 11 is 1.76. The molecule has 0 spiro atoms. The molecule has 1 aromatic heterocycles. The predicted molar refractivity (Wildman–Crippen MR) is 81.5 cm³/mol. The highest BCUT2D eigenvalue weighted by Crippen LogP contribution is 2.35. The van der Waals surface area contributed by atoms with E-state index in [2.05, 4.69) is 42.2 Å². The van der Waals surface area contributed by atoms with Crippen LogP contribution in [0.3, 0.4) is 0 Å². The molecule has 0 atom stereocenters. The Morgan fingerprint density at radius 1 is 1.05 bits per heavy atom. The van der Waals surface area contributed by atoms with Crippen molar-refractivity contribution in [2.24, 2.45) is 0 Å². The molecule has 1 heterocycles. The fourth-order valence-corrected chi connectivity index (χ4v) is 3.15. The zero-order valence-electron chi connectivity index (χ0n) is 10.6. The Labute approximate surface area is 116 Å². The van der Waals surface area contributed by atoms with E-state index in [0.29, 0.717) is 0 Å². The normalized spacial score (nSPS) is 10.8. The number of hydrogen-bond acceptors (Lipinski definition) is 3. The Balaban J connectivity index is 2.09. The maximum Gasteiger partial charge on any atom is 0.0410 e. The van der Waals surface area contributed by atoms with Gasteiger partial charge in [-0.25, -0.2) is 0 Å². The van der Waals surface area contributed by atoms with Crippen LogP contribution in [-0.4, -0.2) is 4.98 Å². The first kappa shape index (κ1) is 12.1. The number of rotatable bonds is 2. The van der Waals surface area contributed by atoms with Crippen LogP contribution >= 0.6 is 11.8 Å². The van der Waals surface area contributed by atoms with Crippen LogP contribution in [0.4, 0.5) is 5.69 Å². The third kappa shape index (κ3) is 2.42. The van der Waals surface area contributed by atoms with Gasteiger partial charge in [0.05, 0.1) is 0 Å². The number of benzene rings is 2. The highest BCUT2D eigenvalue weighted by atomic mass is 32.2. The fourth-order valence-electron chi connectivity index (χ4n) is 2.08. The summed E-state index contributed by atoms with van der Waals surface area (Å²) in [5.74, 6) is 0. The van der Waals surface area contributed by atoms with Gasteiger partial charge in [-0.2, -0.15) is 0 Å². The van der Waals surface area contributed by atoms with Crippen molar-refractivity contribution >= 4 is 28.2 Å². The quantitative estimate of drug-likeness (QED) is 0.704. The molecule has 3 aromatic rings. The molecule has 0 amide bonds. The van der Waals surface area contributed by atoms with E-state index in [1.165, 1.54) is 15.4 Å². The lowest BCUT2D eigenvalue weighted by Gasteiger charge is -2.08. The van der Waals surface area contributed by atoms with E-state index in [9.17, 15) is 0 Å². The molecule has 0 fully saturated rings. The molecular weight excluding hydrogens is 252 g/mol. The number of anilines is 1. The number of pyridine rings is 1. The molecule has 2 aromatic carbocycles. The zero-order chi connectivity index (χ0) is 13.2. The highest BCUT2D eigenvalue weighted by molar-refractivity contribution is 7.99. The number of hydrogen-bond donors (Lipinski definition) is 1. The largest absolute Gasteiger partial charge is 0.398 e. The van der Waals surface area contributed by atoms with Gasteiger partial charge in [0, 0.05) is 38.6 Å². The smallest absolute Gasteiger partial charge is 0.0410 e. The zero-order valence-corrected chi connectivity index (χ0v) is 11.4. The molecular formula is C16H14N2S. The molecule has 3 heteroatoms. The van der Waals surface area contributed by atoms with Crippen LogP contribution in [0, 0.1) is 6.92 Å². The van der Waals surface area contributed by atoms with Crippen molar-refractivity contribution in [3.05, 3.63) is 60.4 Å². The molecule has 0 saturated carbocycles. The summed E-state index contributed by atoms with van der Waals surface area (Å²) in [6.45, 7) is 2.11. The second kappa shape index (κ2) is 4.94. The minimum Gasteiger partial charge on any atom is -0.398 e. The number of nitrogens with two attached hydrogens (primary N) is 1. The average molecular weight is 266 g/mol. The summed E-state index contributed by atoms with van der Waals surface area (Å²) in [7, 11) is 0. The van der Waals surface area contributed by atoms with E-state index in [1.54, 1.807) is 11.8 Å². The number of aromatic nitrogens is 1. The Morgan fingerprint density at radius 2 is 1.95 bits per heavy atom. The van der Waals surface area contributed by atoms with Gasteiger partial charge in [-0.3, -0.25) is 4.98 Å². The lowest BCUT2D eigenvalue weighted by molar-refractivity contribution is 1.34. The van der Waals surface area contributed by atoms with Crippen LogP contribution in [-0.2, 0) is 0 Å². The van der Waals surface area contributed by atoms with E-state index in [0.717, 1.165) is 16.5 Å². The van der Waals surface area contributed by atoms with Crippen molar-refractivity contribution in [1.82, 2.24) is 4.98 Å². The molecule has 3 rings (SSSR count). The molecule has 94 valence electrons. The molecule has 19 heavy (non-hydrogen) atoms. The number of nitrogen functional groups attached to an aromatic ring is 1. The third-order valence-corrected chi connectivity index (χ3v) is 4.09. The van der Waals surface area contributed by atoms with Crippen molar-refractivity contribution in [3.8, 4) is 0 Å². The van der Waals surface area contributed by atoms with E-state index in [-0.39, 0.29) is 0 Å². The van der Waals surface area contributed by atoms with Gasteiger partial charge in [-0.05, 0) is 37.3 Å². The van der Waals surface area contributed by atoms with Gasteiger partial charge in [0.15, 0.2) is 0 Å². The number of aryl methyl sites for hydroxylation is 1. The third-order valence-electron chi connectivity index (χ3n) is 3.03. The Hall–Kier alpha value is -2.00. The average Bonchev–Trinajstić information content (AvgIpc) is 2.42. The van der Waals surface area contributed by atoms with Gasteiger partial charge < -0.3 is 5.73 Å². The summed E-state index contributed by atoms with van der Waals surface area (Å²) in [5, 5.41) is 2.17. The van der Waals surface area contributed by atoms with Crippen LogP contribution in [0.25, 0.3) is 10.8 Å². The second-order valence-corrected chi connectivity index (χ2v) is 5.61. The first-order valence-corrected chi connectivity index (χ1v) is 6.92. The molecule has 2 nitrogen and oxygen atoms in total. The highest BCUT2D eigenvalue weighted by Gasteiger charge is 2.05. The van der Waals surface area contributed by atoms with Gasteiger partial charge in [-0.15, -0.1) is 0 Å². The van der Waals surface area contributed by atoms with E-state index < -0.39 is 0 Å². The molecule has 2 N–H and O–H groups in total. The van der Waals surface area contributed by atoms with Gasteiger partial charge in [0.1, 0.15) is 0 Å². The first-order chi connectivity index (χ1) is 9.24. The van der Waals surface area contributed by atoms with Crippen LogP contribution in [0.5, 0.6) is 0 Å². The molecule has 0 unspecified atom stereocenters. The van der Waals surface area contributed by atoms with Crippen molar-refractivity contribution < 1.29 is 0 Å². The topological polar surface area (TPSA) is 38.9 Å². The monoisotopic (exact) mass is 266 g/mol. The Morgan fingerprint density at radius 3 is 2.79 bits per heavy atom. The fraction of sp³-hybridized carbons (Fsp3) is 0.0625. The van der Waals surface area contributed by atoms with Gasteiger partial charge >= 0.3 is 0 Å². The van der Waals surface area contributed by atoms with Crippen molar-refractivity contribution in [1.29, 1.82) is 0 Å². The van der Waals surface area contributed by atoms with Crippen LogP contribution in [0.1, 0.15) is 5.56 Å². The van der Waals surface area contributed by atoms with Crippen molar-refractivity contribution in [2.45, 2.75) is 16.7 Å². The van der Waals surface area contributed by atoms with Crippen LogP contribution in [0.15, 0.2) is 64.6 Å². The molecule has 0 aliphatic rings. The minimum absolute atomic E-state index is 0.775. The van der Waals surface area contributed by atoms with E-state index >= 15 is 0 Å². The summed E-state index contributed by atoms with van der Waals surface area (Å²) in [6.07, 6.45) is 3.63. The maximum absolute atomic E-state index is 5.99. The molecule has 0 bridgehead atoms. The van der Waals surface area contributed by atoms with Gasteiger partial charge in [0.25, 0.3) is 0 Å². The molecule has 0 saturated heterocycles. The maximum atomic E-state index is 5.99. The SMILES string of the molecule is Cc1cccc(Sc2ccc(N)c3cnccc23)c1. The standard InChI is InChI=1S/C16H14N2S/c1-11-3-2-4-12(9-11)19-16-6-5-15(17)14-10-18-8-7-13(14)16/h2-10H,17H2,1H3. The minimum atomic E-state index is 0.775. The van der Waals surface area contributed by atoms with Crippen molar-refractivity contribution in [3.63, 3.8) is 0 Å². The molecule has 0 aliphatic heterocycles. The summed E-state index contributed by atoms with van der Waals surface area (Å²) in [5.41, 5.74) is 8.04. The Bertz CT molecular complexity index is 738. The molecule has 0 radical (unpaired) electrons. The summed E-state index contributed by atoms with van der Waals surface area (Å²) in [6, 6.07) is 14.5. The molecule has 0 aliphatic carbocycles.